The van der Waals surface area contributed by atoms with Crippen LogP contribution >= 0.6 is 45.3 Å². The van der Waals surface area contributed by atoms with Gasteiger partial charge in [-0.25, -0.2) is 46.1 Å². The molecule has 0 bridgehead atoms. The van der Waals surface area contributed by atoms with Crippen molar-refractivity contribution in [3.63, 3.8) is 0 Å². The van der Waals surface area contributed by atoms with E-state index in [1.165, 1.54) is 30.3 Å². The summed E-state index contributed by atoms with van der Waals surface area (Å²) in [7, 11) is 0. The fourth-order valence-corrected chi connectivity index (χ4v) is 11.0. The molecule has 15 aromatic rings. The Hall–Kier alpha value is -6.50. The van der Waals surface area contributed by atoms with Crippen molar-refractivity contribution in [3.8, 4) is 0 Å². The third-order valence-corrected chi connectivity index (χ3v) is 16.3. The first-order chi connectivity index (χ1) is 54.7. The molecule has 0 aliphatic rings. The van der Waals surface area contributed by atoms with Crippen LogP contribution in [0.25, 0.3) is 30.3 Å². The van der Waals surface area contributed by atoms with Crippen LogP contribution in [-0.2, 0) is 101 Å². The number of aliphatic hydroxyl groups excluding tert-OH is 10. The van der Waals surface area contributed by atoms with Crippen LogP contribution in [0, 0.1) is 30.3 Å². The van der Waals surface area contributed by atoms with Crippen LogP contribution in [0.2, 0.25) is 0 Å². The molecule has 9 aromatic heterocycles. The van der Waals surface area contributed by atoms with E-state index < -0.39 is 12.2 Å². The number of thiophene rings is 4. The molecule has 10 N–H and O–H groups in total. The van der Waals surface area contributed by atoms with Crippen LogP contribution in [0.5, 0.6) is 0 Å². The second kappa shape index (κ2) is 85.5. The zero-order chi connectivity index (χ0) is 82.8. The molecule has 0 amide bonds. The van der Waals surface area contributed by atoms with Gasteiger partial charge in [0.2, 0.25) is 0 Å². The zero-order valence-corrected chi connectivity index (χ0v) is 82.5. The maximum atomic E-state index is 9.99. The Morgan fingerprint density at radius 3 is 0.610 bits per heavy atom. The molecular weight excluding hydrogens is 2450 g/mol. The Bertz CT molecular complexity index is 3530. The van der Waals surface area contributed by atoms with Gasteiger partial charge in [-0.2, -0.15) is 94.3 Å². The van der Waals surface area contributed by atoms with Gasteiger partial charge < -0.3 is 51.1 Å². The van der Waals surface area contributed by atoms with E-state index in [1.807, 2.05) is 251 Å². The molecule has 0 fully saturated rings. The van der Waals surface area contributed by atoms with Crippen molar-refractivity contribution in [2.45, 2.75) is 149 Å². The van der Waals surface area contributed by atoms with Gasteiger partial charge in [0.15, 0.2) is 0 Å². The molecule has 647 valence electrons. The monoisotopic (exact) mass is 2560 g/mol. The van der Waals surface area contributed by atoms with Gasteiger partial charge in [-0.15, -0.1) is 41.8 Å². The normalized spacial score (nSPS) is 11.6. The second-order valence-corrected chi connectivity index (χ2v) is 27.9. The molecule has 6 aromatic carbocycles. The average molecular weight is 2560 g/mol. The number of hydrogen-bond acceptors (Lipinski definition) is 19. The second-order valence-electron chi connectivity index (χ2n) is 24.4. The summed E-state index contributed by atoms with van der Waals surface area (Å²) in [6.07, 6.45) is 15.4. The number of aliphatic hydroxyl groups is 10. The van der Waals surface area contributed by atoms with E-state index in [9.17, 15) is 10.2 Å². The number of fused-ring (bicyclic) bond motifs is 3. The van der Waals surface area contributed by atoms with Gasteiger partial charge in [0.25, 0.3) is 0 Å². The summed E-state index contributed by atoms with van der Waals surface area (Å²) in [5.74, 6) is 0. The van der Waals surface area contributed by atoms with Crippen molar-refractivity contribution < 1.29 is 152 Å². The van der Waals surface area contributed by atoms with E-state index in [0.717, 1.165) is 11.1 Å². The van der Waals surface area contributed by atoms with Gasteiger partial charge >= 0.3 is 0 Å². The number of hydrogen-bond donors (Lipinski definition) is 10. The molecule has 15 rings (SSSR count). The van der Waals surface area contributed by atoms with Crippen LogP contribution in [0.4, 0.5) is 0 Å². The summed E-state index contributed by atoms with van der Waals surface area (Å²) in [6.45, 7) is 13.3. The number of aromatic nitrogens is 5. The minimum absolute atomic E-state index is 0. The van der Waals surface area contributed by atoms with Crippen molar-refractivity contribution >= 4 is 75.6 Å². The predicted molar refractivity (Wildman–Crippen MR) is 471 cm³/mol. The molecule has 0 saturated carbocycles. The Morgan fingerprint density at radius 2 is 0.466 bits per heavy atom. The summed E-state index contributed by atoms with van der Waals surface area (Å²) in [4.78, 5) is 18.9. The van der Waals surface area contributed by atoms with E-state index in [4.69, 9.17) is 40.9 Å². The minimum Gasteiger partial charge on any atom is -0.393 e. The maximum absolute atomic E-state index is 9.99. The van der Waals surface area contributed by atoms with Crippen molar-refractivity contribution in [3.05, 3.63) is 391 Å². The number of benzene rings is 6. The molecular formula is C94H112Ir5N5O10S4-5. The molecule has 5 radical (unpaired) electrons. The summed E-state index contributed by atoms with van der Waals surface area (Å²) >= 11 is 6.85. The summed E-state index contributed by atoms with van der Waals surface area (Å²) in [5, 5.41) is 102. The van der Waals surface area contributed by atoms with E-state index in [-0.39, 0.29) is 149 Å². The van der Waals surface area contributed by atoms with E-state index >= 15 is 0 Å². The third-order valence-electron chi connectivity index (χ3n) is 13.2. The van der Waals surface area contributed by atoms with Crippen LogP contribution < -0.4 is 0 Å². The van der Waals surface area contributed by atoms with Crippen LogP contribution in [0.15, 0.2) is 350 Å². The average Bonchev–Trinajstić information content (AvgIpc) is 1.70. The zero-order valence-electron chi connectivity index (χ0n) is 67.3. The molecule has 0 saturated heterocycles. The Morgan fingerprint density at radius 1 is 0.246 bits per heavy atom. The van der Waals surface area contributed by atoms with E-state index in [0.29, 0.717) is 32.1 Å². The number of nitrogens with zero attached hydrogens (tertiary/aromatic N) is 5. The number of rotatable bonds is 12. The van der Waals surface area contributed by atoms with Gasteiger partial charge in [-0.3, -0.25) is 36.3 Å². The minimum atomic E-state index is -0.633. The molecule has 0 aliphatic heterocycles. The topological polar surface area (TPSA) is 267 Å². The van der Waals surface area contributed by atoms with Gasteiger partial charge in [0.1, 0.15) is 0 Å². The molecule has 0 spiro atoms. The van der Waals surface area contributed by atoms with Gasteiger partial charge in [0.05, 0.1) is 61.0 Å². The Labute approximate surface area is 784 Å². The first-order valence-corrected chi connectivity index (χ1v) is 40.2. The van der Waals surface area contributed by atoms with Crippen molar-refractivity contribution in [2.24, 2.45) is 0 Å². The van der Waals surface area contributed by atoms with Gasteiger partial charge in [-0.1, -0.05) is 139 Å². The predicted octanol–water partition coefficient (Wildman–Crippen LogP) is 19.9. The first-order valence-electron chi connectivity index (χ1n) is 36.6. The Kier molecular flexibility index (Phi) is 86.9. The summed E-state index contributed by atoms with van der Waals surface area (Å²) in [5.41, 5.74) is 1.67. The molecule has 10 atom stereocenters. The first kappa shape index (κ1) is 120. The molecule has 10 unspecified atom stereocenters. The van der Waals surface area contributed by atoms with Crippen molar-refractivity contribution in [1.29, 1.82) is 0 Å². The fraction of sp³-hybridized carbons (Fsp3) is 0.245. The summed E-state index contributed by atoms with van der Waals surface area (Å²) in [6, 6.07) is 98.9. The largest absolute Gasteiger partial charge is 0.393 e. The molecule has 0 aliphatic carbocycles. The fourth-order valence-electron chi connectivity index (χ4n) is 8.45. The number of pyridine rings is 5. The van der Waals surface area contributed by atoms with Crippen LogP contribution in [-0.4, -0.2) is 125 Å². The summed E-state index contributed by atoms with van der Waals surface area (Å²) < 4.78 is 3.95. The molecule has 15 nitrogen and oxygen atoms in total. The third kappa shape index (κ3) is 76.9. The SMILES string of the molecule is CC(O)CC(C)O.CC(O)CC(C)O.CC(O)CC(C)O.CC(O)CC(C)O.OC(CC(O)c1ccccc1)c1ccccc1.[Ir].[Ir].[Ir].[Ir].[Ir].[c-]1ccccc1.[c-]1ccsc1.[c-]1csc2ccccc12.[c-]1csc2ccccc12.[c-]1csc2ccccc12.c1ccncc1.c1ccncc1.c1ccncc1.c1ccncc1.c1ccncc1. The smallest absolute Gasteiger partial charge is 0.0818 e. The van der Waals surface area contributed by atoms with Gasteiger partial charge in [-0.05, 0) is 153 Å². The van der Waals surface area contributed by atoms with Crippen LogP contribution in [0.1, 0.15) is 111 Å². The Balaban J connectivity index is -0.000000390. The van der Waals surface area contributed by atoms with Crippen molar-refractivity contribution in [1.82, 2.24) is 24.9 Å². The molecule has 24 heteroatoms. The van der Waals surface area contributed by atoms with E-state index in [1.54, 1.807) is 163 Å². The quantitative estimate of drug-likeness (QED) is 0.0510. The standard InChI is InChI=1S/C15H16O2.3C8H5S.C6H5.5C5H5N.4C5H12O2.C4H3S.5Ir/c16-14(12-7-3-1-4-8-12)11-15(17)13-9-5-2-6-10-13;3*1-2-4-8-7(3-1)5-6-9-8;6*1-2-4-6-5-3-1;4*1-4(6)3-5(2)7;1-2-4-5-3-1;;;;;/h1-10,14-17H,11H2;3*1-4,6H;6*1-5H;4*4-7H,3H2,1-2H3;1,3-4H;;;;;/q;4*-1;;;;;;;;;;-1;;;;;. The van der Waals surface area contributed by atoms with E-state index in [2.05, 4.69) is 91.6 Å². The van der Waals surface area contributed by atoms with Gasteiger partial charge in [0, 0.05) is 169 Å². The van der Waals surface area contributed by atoms with Crippen LogP contribution in [0.3, 0.4) is 0 Å². The molecule has 118 heavy (non-hydrogen) atoms. The van der Waals surface area contributed by atoms with Crippen molar-refractivity contribution in [2.75, 3.05) is 0 Å². The maximum Gasteiger partial charge on any atom is 0.0818 e. The molecule has 9 heterocycles.